The van der Waals surface area contributed by atoms with Crippen molar-refractivity contribution in [2.24, 2.45) is 4.99 Å². The smallest absolute Gasteiger partial charge is 0.123 e. The Kier molecular flexibility index (Phi) is 4.93. The molecular formula is C17H11ClFNS2. The Balaban J connectivity index is 1.68. The van der Waals surface area contributed by atoms with Crippen LogP contribution in [0.1, 0.15) is 4.88 Å². The fourth-order valence-corrected chi connectivity index (χ4v) is 3.86. The first-order valence-electron chi connectivity index (χ1n) is 6.52. The topological polar surface area (TPSA) is 12.4 Å². The van der Waals surface area contributed by atoms with Gasteiger partial charge < -0.3 is 0 Å². The summed E-state index contributed by atoms with van der Waals surface area (Å²) in [5, 5.41) is 0.739. The van der Waals surface area contributed by atoms with Crippen molar-refractivity contribution in [3.63, 3.8) is 0 Å². The second-order valence-corrected chi connectivity index (χ2v) is 7.37. The molecule has 1 aromatic heterocycles. The van der Waals surface area contributed by atoms with Crippen molar-refractivity contribution in [1.82, 2.24) is 0 Å². The van der Waals surface area contributed by atoms with E-state index in [-0.39, 0.29) is 5.82 Å². The molecule has 0 atom stereocenters. The van der Waals surface area contributed by atoms with Crippen molar-refractivity contribution in [2.45, 2.75) is 9.10 Å². The van der Waals surface area contributed by atoms with Gasteiger partial charge in [-0.3, -0.25) is 4.99 Å². The number of benzene rings is 2. The number of hydrogen-bond acceptors (Lipinski definition) is 3. The van der Waals surface area contributed by atoms with E-state index in [4.69, 9.17) is 11.6 Å². The molecule has 0 unspecified atom stereocenters. The van der Waals surface area contributed by atoms with Gasteiger partial charge >= 0.3 is 0 Å². The Morgan fingerprint density at radius 1 is 0.955 bits per heavy atom. The van der Waals surface area contributed by atoms with Gasteiger partial charge in [0.05, 0.1) is 9.90 Å². The Bertz CT molecular complexity index is 779. The summed E-state index contributed by atoms with van der Waals surface area (Å²) in [4.78, 5) is 6.54. The van der Waals surface area contributed by atoms with Gasteiger partial charge in [0.25, 0.3) is 0 Å². The zero-order chi connectivity index (χ0) is 15.4. The SMILES string of the molecule is Fc1ccc(N=Cc2ccc(Sc3ccc(Cl)cc3)s2)cc1. The van der Waals surface area contributed by atoms with Crippen LogP contribution in [-0.4, -0.2) is 6.21 Å². The van der Waals surface area contributed by atoms with Crippen LogP contribution in [0.2, 0.25) is 5.02 Å². The summed E-state index contributed by atoms with van der Waals surface area (Å²) in [6.07, 6.45) is 1.80. The van der Waals surface area contributed by atoms with E-state index < -0.39 is 0 Å². The highest BCUT2D eigenvalue weighted by atomic mass is 35.5. The summed E-state index contributed by atoms with van der Waals surface area (Å²) in [5.41, 5.74) is 0.738. The maximum atomic E-state index is 12.8. The molecule has 0 spiro atoms. The van der Waals surface area contributed by atoms with E-state index in [1.54, 1.807) is 41.4 Å². The van der Waals surface area contributed by atoms with E-state index in [1.165, 1.54) is 16.3 Å². The first-order valence-corrected chi connectivity index (χ1v) is 8.53. The van der Waals surface area contributed by atoms with E-state index in [2.05, 4.69) is 11.1 Å². The molecule has 1 heterocycles. The van der Waals surface area contributed by atoms with Crippen molar-refractivity contribution in [3.8, 4) is 0 Å². The molecular weight excluding hydrogens is 337 g/mol. The van der Waals surface area contributed by atoms with Crippen molar-refractivity contribution >= 4 is 46.6 Å². The third kappa shape index (κ3) is 4.19. The summed E-state index contributed by atoms with van der Waals surface area (Å²) in [6, 6.07) is 18.0. The number of aliphatic imine (C=N–C) groups is 1. The van der Waals surface area contributed by atoms with Gasteiger partial charge in [-0.15, -0.1) is 11.3 Å². The first-order chi connectivity index (χ1) is 10.7. The molecule has 1 nitrogen and oxygen atoms in total. The van der Waals surface area contributed by atoms with Crippen molar-refractivity contribution in [1.29, 1.82) is 0 Å². The van der Waals surface area contributed by atoms with Crippen LogP contribution in [0.25, 0.3) is 0 Å². The Morgan fingerprint density at radius 3 is 2.41 bits per heavy atom. The molecule has 3 rings (SSSR count). The van der Waals surface area contributed by atoms with E-state index in [0.29, 0.717) is 0 Å². The number of rotatable bonds is 4. The van der Waals surface area contributed by atoms with Gasteiger partial charge in [-0.2, -0.15) is 0 Å². The summed E-state index contributed by atoms with van der Waals surface area (Å²) in [5.74, 6) is -0.253. The molecule has 110 valence electrons. The fraction of sp³-hybridized carbons (Fsp3) is 0. The lowest BCUT2D eigenvalue weighted by Crippen LogP contribution is -1.73. The fourth-order valence-electron chi connectivity index (χ4n) is 1.74. The summed E-state index contributed by atoms with van der Waals surface area (Å²) in [6.45, 7) is 0. The molecule has 0 aliphatic carbocycles. The quantitative estimate of drug-likeness (QED) is 0.494. The molecule has 0 aliphatic heterocycles. The minimum absolute atomic E-state index is 0.253. The Hall–Kier alpha value is -1.62. The number of hydrogen-bond donors (Lipinski definition) is 0. The highest BCUT2D eigenvalue weighted by molar-refractivity contribution is 8.01. The lowest BCUT2D eigenvalue weighted by molar-refractivity contribution is 0.628. The first kappa shape index (κ1) is 15.3. The van der Waals surface area contributed by atoms with Gasteiger partial charge in [0.2, 0.25) is 0 Å². The summed E-state index contributed by atoms with van der Waals surface area (Å²) in [7, 11) is 0. The van der Waals surface area contributed by atoms with Gasteiger partial charge in [-0.1, -0.05) is 23.4 Å². The van der Waals surface area contributed by atoms with Gasteiger partial charge in [0.15, 0.2) is 0 Å². The third-order valence-electron chi connectivity index (χ3n) is 2.80. The predicted molar refractivity (Wildman–Crippen MR) is 93.5 cm³/mol. The van der Waals surface area contributed by atoms with Crippen molar-refractivity contribution in [3.05, 3.63) is 76.4 Å². The lowest BCUT2D eigenvalue weighted by Gasteiger charge is -1.97. The van der Waals surface area contributed by atoms with Crippen LogP contribution >= 0.6 is 34.7 Å². The van der Waals surface area contributed by atoms with E-state index >= 15 is 0 Å². The molecule has 2 aromatic carbocycles. The standard InChI is InChI=1S/C17H11ClFNS2/c18-12-1-7-15(8-2-12)21-17-10-9-16(22-17)11-20-14-5-3-13(19)4-6-14/h1-11H. The zero-order valence-corrected chi connectivity index (χ0v) is 13.8. The Labute approximate surface area is 141 Å². The van der Waals surface area contributed by atoms with Crippen molar-refractivity contribution in [2.75, 3.05) is 0 Å². The minimum Gasteiger partial charge on any atom is -0.255 e. The lowest BCUT2D eigenvalue weighted by atomic mass is 10.3. The second-order valence-electron chi connectivity index (χ2n) is 4.45. The van der Waals surface area contributed by atoms with Crippen molar-refractivity contribution < 1.29 is 4.39 Å². The number of nitrogens with zero attached hydrogens (tertiary/aromatic N) is 1. The number of thiophene rings is 1. The monoisotopic (exact) mass is 347 g/mol. The predicted octanol–water partition coefficient (Wildman–Crippen LogP) is 6.44. The third-order valence-corrected chi connectivity index (χ3v) is 5.21. The molecule has 5 heteroatoms. The average molecular weight is 348 g/mol. The van der Waals surface area contributed by atoms with Crippen LogP contribution in [-0.2, 0) is 0 Å². The number of halogens is 2. The largest absolute Gasteiger partial charge is 0.255 e. The van der Waals surface area contributed by atoms with Gasteiger partial charge in [0.1, 0.15) is 5.82 Å². The molecule has 0 radical (unpaired) electrons. The van der Waals surface area contributed by atoms with Gasteiger partial charge in [0, 0.05) is 21.0 Å². The maximum absolute atomic E-state index is 12.8. The summed E-state index contributed by atoms with van der Waals surface area (Å²) < 4.78 is 14.0. The average Bonchev–Trinajstić information content (AvgIpc) is 2.97. The maximum Gasteiger partial charge on any atom is 0.123 e. The highest BCUT2D eigenvalue weighted by Crippen LogP contribution is 2.33. The highest BCUT2D eigenvalue weighted by Gasteiger charge is 2.01. The molecule has 0 bridgehead atoms. The second kappa shape index (κ2) is 7.09. The van der Waals surface area contributed by atoms with Crippen LogP contribution in [0, 0.1) is 5.82 Å². The molecule has 0 saturated carbocycles. The van der Waals surface area contributed by atoms with Crippen LogP contribution in [0.5, 0.6) is 0 Å². The van der Waals surface area contributed by atoms with E-state index in [1.807, 2.05) is 30.3 Å². The molecule has 0 amide bonds. The van der Waals surface area contributed by atoms with E-state index in [9.17, 15) is 4.39 Å². The molecule has 3 aromatic rings. The molecule has 0 aliphatic rings. The van der Waals surface area contributed by atoms with Crippen LogP contribution in [0.15, 0.2) is 74.8 Å². The molecule has 0 N–H and O–H groups in total. The summed E-state index contributed by atoms with van der Waals surface area (Å²) >= 11 is 9.23. The molecule has 0 fully saturated rings. The van der Waals surface area contributed by atoms with Crippen LogP contribution < -0.4 is 0 Å². The molecule has 0 saturated heterocycles. The van der Waals surface area contributed by atoms with Crippen LogP contribution in [0.3, 0.4) is 0 Å². The van der Waals surface area contributed by atoms with Gasteiger partial charge in [-0.05, 0) is 60.7 Å². The minimum atomic E-state index is -0.253. The van der Waals surface area contributed by atoms with Gasteiger partial charge in [-0.25, -0.2) is 4.39 Å². The molecule has 22 heavy (non-hydrogen) atoms. The zero-order valence-electron chi connectivity index (χ0n) is 11.4. The Morgan fingerprint density at radius 2 is 1.68 bits per heavy atom. The van der Waals surface area contributed by atoms with E-state index in [0.717, 1.165) is 20.5 Å². The van der Waals surface area contributed by atoms with Crippen LogP contribution in [0.4, 0.5) is 10.1 Å². The normalized spacial score (nSPS) is 11.2.